The van der Waals surface area contributed by atoms with Gasteiger partial charge in [-0.1, -0.05) is 0 Å². The van der Waals surface area contributed by atoms with Crippen LogP contribution in [0, 0.1) is 0 Å². The lowest BCUT2D eigenvalue weighted by atomic mass is 10.3. The third-order valence-corrected chi connectivity index (χ3v) is 1.18. The minimum absolute atomic E-state index is 0.500. The van der Waals surface area contributed by atoms with E-state index in [-0.39, 0.29) is 0 Å². The van der Waals surface area contributed by atoms with E-state index in [4.69, 9.17) is 10.8 Å². The molecule has 3 nitrogen and oxygen atoms in total. The Hall–Kier alpha value is -1.46. The summed E-state index contributed by atoms with van der Waals surface area (Å²) in [6.45, 7) is 0. The van der Waals surface area contributed by atoms with Crippen molar-refractivity contribution in [1.29, 1.82) is 0 Å². The van der Waals surface area contributed by atoms with Crippen molar-refractivity contribution in [2.45, 2.75) is 6.18 Å². The predicted octanol–water partition coefficient (Wildman–Crippen LogP) is 1.39. The number of hydrogen-bond donors (Lipinski definition) is 2. The summed E-state index contributed by atoms with van der Waals surface area (Å²) in [7, 11) is 0. The molecule has 1 aromatic heterocycles. The Morgan fingerprint density at radius 3 is 2.33 bits per heavy atom. The van der Waals surface area contributed by atoms with Crippen molar-refractivity contribution >= 4 is 5.69 Å². The molecule has 1 aromatic rings. The second kappa shape index (κ2) is 2.54. The Kier molecular flexibility index (Phi) is 1.83. The van der Waals surface area contributed by atoms with Gasteiger partial charge < -0.3 is 10.8 Å². The first kappa shape index (κ1) is 8.63. The number of aromatic hydroxyl groups is 1. The molecule has 0 atom stereocenters. The van der Waals surface area contributed by atoms with Crippen molar-refractivity contribution in [1.82, 2.24) is 4.98 Å². The second-order valence-corrected chi connectivity index (χ2v) is 2.11. The summed E-state index contributed by atoms with van der Waals surface area (Å²) >= 11 is 0. The molecule has 0 radical (unpaired) electrons. The number of halogens is 3. The van der Waals surface area contributed by atoms with Crippen LogP contribution in [0.2, 0.25) is 0 Å². The van der Waals surface area contributed by atoms with Crippen molar-refractivity contribution in [2.24, 2.45) is 0 Å². The van der Waals surface area contributed by atoms with E-state index in [9.17, 15) is 13.2 Å². The molecule has 0 saturated carbocycles. The zero-order chi connectivity index (χ0) is 9.35. The predicted molar refractivity (Wildman–Crippen MR) is 35.3 cm³/mol. The van der Waals surface area contributed by atoms with E-state index >= 15 is 0 Å². The average molecular weight is 178 g/mol. The number of nitrogen functional groups attached to an aromatic ring is 1. The first-order valence-electron chi connectivity index (χ1n) is 2.94. The van der Waals surface area contributed by atoms with Gasteiger partial charge >= 0.3 is 6.18 Å². The molecule has 0 aromatic carbocycles. The number of anilines is 1. The van der Waals surface area contributed by atoms with E-state index in [1.165, 1.54) is 0 Å². The highest BCUT2D eigenvalue weighted by Gasteiger charge is 2.35. The number of nitrogens with zero attached hydrogens (tertiary/aromatic N) is 1. The molecule has 66 valence electrons. The first-order chi connectivity index (χ1) is 5.41. The molecular weight excluding hydrogens is 173 g/mol. The van der Waals surface area contributed by atoms with Gasteiger partial charge in [-0.25, -0.2) is 4.98 Å². The molecular formula is C6H5F3N2O. The van der Waals surface area contributed by atoms with Crippen LogP contribution in [0.3, 0.4) is 0 Å². The van der Waals surface area contributed by atoms with Gasteiger partial charge in [0.05, 0.1) is 5.69 Å². The summed E-state index contributed by atoms with van der Waals surface area (Å²) in [6.07, 6.45) is -4.62. The van der Waals surface area contributed by atoms with Crippen LogP contribution in [0.25, 0.3) is 0 Å². The Labute approximate surface area is 65.6 Å². The van der Waals surface area contributed by atoms with Crippen LogP contribution in [-0.4, -0.2) is 10.1 Å². The van der Waals surface area contributed by atoms with E-state index in [0.717, 1.165) is 12.1 Å². The summed E-state index contributed by atoms with van der Waals surface area (Å²) < 4.78 is 35.9. The van der Waals surface area contributed by atoms with Crippen LogP contribution in [0.15, 0.2) is 12.1 Å². The molecule has 1 rings (SSSR count). The molecule has 12 heavy (non-hydrogen) atoms. The lowest BCUT2D eigenvalue weighted by Crippen LogP contribution is -2.11. The highest BCUT2D eigenvalue weighted by molar-refractivity contribution is 5.45. The van der Waals surface area contributed by atoms with Crippen molar-refractivity contribution in [2.75, 3.05) is 5.73 Å². The highest BCUT2D eigenvalue weighted by Crippen LogP contribution is 2.32. The maximum atomic E-state index is 12.0. The Balaban J connectivity index is 3.23. The van der Waals surface area contributed by atoms with E-state index < -0.39 is 23.4 Å². The molecule has 0 unspecified atom stereocenters. The summed E-state index contributed by atoms with van der Waals surface area (Å²) in [5, 5.41) is 8.63. The van der Waals surface area contributed by atoms with E-state index in [1.807, 2.05) is 0 Å². The lowest BCUT2D eigenvalue weighted by Gasteiger charge is -2.07. The lowest BCUT2D eigenvalue weighted by molar-refractivity contribution is -0.140. The van der Waals surface area contributed by atoms with Crippen LogP contribution in [-0.2, 0) is 6.18 Å². The number of rotatable bonds is 0. The van der Waals surface area contributed by atoms with Gasteiger partial charge in [-0.05, 0) is 6.07 Å². The molecule has 0 fully saturated rings. The van der Waals surface area contributed by atoms with Crippen molar-refractivity contribution in [3.05, 3.63) is 17.8 Å². The van der Waals surface area contributed by atoms with E-state index in [2.05, 4.69) is 4.98 Å². The van der Waals surface area contributed by atoms with Crippen molar-refractivity contribution < 1.29 is 18.3 Å². The van der Waals surface area contributed by atoms with E-state index in [1.54, 1.807) is 0 Å². The molecule has 3 N–H and O–H groups in total. The van der Waals surface area contributed by atoms with Gasteiger partial charge in [0.25, 0.3) is 0 Å². The van der Waals surface area contributed by atoms with Gasteiger partial charge in [-0.3, -0.25) is 0 Å². The molecule has 0 aliphatic carbocycles. The van der Waals surface area contributed by atoms with Crippen molar-refractivity contribution in [3.63, 3.8) is 0 Å². The zero-order valence-corrected chi connectivity index (χ0v) is 5.76. The number of nitrogens with two attached hydrogens (primary N) is 1. The molecule has 6 heteroatoms. The monoisotopic (exact) mass is 178 g/mol. The first-order valence-corrected chi connectivity index (χ1v) is 2.94. The summed E-state index contributed by atoms with van der Waals surface area (Å²) in [5.74, 6) is -0.698. The fourth-order valence-corrected chi connectivity index (χ4v) is 0.687. The average Bonchev–Trinajstić information content (AvgIpc) is 1.92. The maximum Gasteiger partial charge on any atom is 0.435 e. The van der Waals surface area contributed by atoms with Crippen LogP contribution >= 0.6 is 0 Å². The quantitative estimate of drug-likeness (QED) is 0.631. The van der Waals surface area contributed by atoms with Crippen LogP contribution < -0.4 is 5.73 Å². The van der Waals surface area contributed by atoms with Crippen molar-refractivity contribution in [3.8, 4) is 5.88 Å². The van der Waals surface area contributed by atoms with Crippen LogP contribution in [0.5, 0.6) is 5.88 Å². The number of aromatic nitrogens is 1. The van der Waals surface area contributed by atoms with Gasteiger partial charge in [-0.15, -0.1) is 0 Å². The smallest absolute Gasteiger partial charge is 0.435 e. The van der Waals surface area contributed by atoms with Gasteiger partial charge in [0, 0.05) is 6.07 Å². The highest BCUT2D eigenvalue weighted by atomic mass is 19.4. The molecule has 0 spiro atoms. The Morgan fingerprint density at radius 1 is 1.33 bits per heavy atom. The van der Waals surface area contributed by atoms with Gasteiger partial charge in [0.15, 0.2) is 5.69 Å². The molecule has 0 bridgehead atoms. The maximum absolute atomic E-state index is 12.0. The fourth-order valence-electron chi connectivity index (χ4n) is 0.687. The molecule has 0 aliphatic rings. The number of alkyl halides is 3. The number of pyridine rings is 1. The number of hydrogen-bond acceptors (Lipinski definition) is 3. The SMILES string of the molecule is Nc1ccc(O)nc1C(F)(F)F. The summed E-state index contributed by atoms with van der Waals surface area (Å²) in [5.41, 5.74) is 3.22. The topological polar surface area (TPSA) is 59.1 Å². The summed E-state index contributed by atoms with van der Waals surface area (Å²) in [6, 6.07) is 1.94. The normalized spacial score (nSPS) is 11.6. The minimum atomic E-state index is -4.62. The third kappa shape index (κ3) is 1.58. The Bertz CT molecular complexity index is 297. The molecule has 1 heterocycles. The Morgan fingerprint density at radius 2 is 1.92 bits per heavy atom. The van der Waals surface area contributed by atoms with E-state index in [0.29, 0.717) is 0 Å². The fraction of sp³-hybridized carbons (Fsp3) is 0.167. The van der Waals surface area contributed by atoms with Crippen LogP contribution in [0.1, 0.15) is 5.69 Å². The molecule has 0 aliphatic heterocycles. The summed E-state index contributed by atoms with van der Waals surface area (Å²) in [4.78, 5) is 2.85. The van der Waals surface area contributed by atoms with Gasteiger partial charge in [-0.2, -0.15) is 13.2 Å². The zero-order valence-electron chi connectivity index (χ0n) is 5.76. The van der Waals surface area contributed by atoms with Gasteiger partial charge in [0.1, 0.15) is 0 Å². The largest absolute Gasteiger partial charge is 0.493 e. The standard InChI is InChI=1S/C6H5F3N2O/c7-6(8,9)5-3(10)1-2-4(12)11-5/h1-2H,10H2,(H,11,12). The van der Waals surface area contributed by atoms with Gasteiger partial charge in [0.2, 0.25) is 5.88 Å². The second-order valence-electron chi connectivity index (χ2n) is 2.11. The molecule has 0 amide bonds. The van der Waals surface area contributed by atoms with Crippen LogP contribution in [0.4, 0.5) is 18.9 Å². The minimum Gasteiger partial charge on any atom is -0.493 e. The third-order valence-electron chi connectivity index (χ3n) is 1.18. The molecule has 0 saturated heterocycles.